The zero-order chi connectivity index (χ0) is 19.6. The van der Waals surface area contributed by atoms with Crippen LogP contribution < -0.4 is 11.1 Å². The molecule has 0 radical (unpaired) electrons. The Hall–Kier alpha value is -1.77. The van der Waals surface area contributed by atoms with Crippen molar-refractivity contribution in [2.75, 3.05) is 6.61 Å². The van der Waals surface area contributed by atoms with Gasteiger partial charge in [0.05, 0.1) is 17.2 Å². The van der Waals surface area contributed by atoms with Crippen molar-refractivity contribution in [2.45, 2.75) is 38.8 Å². The molecule has 0 saturated carbocycles. The number of halogens is 3. The molecule has 1 rings (SSSR count). The highest BCUT2D eigenvalue weighted by Gasteiger charge is 2.49. The van der Waals surface area contributed by atoms with Crippen molar-refractivity contribution in [3.05, 3.63) is 34.4 Å². The summed E-state index contributed by atoms with van der Waals surface area (Å²) in [5, 5.41) is 21.9. The van der Waals surface area contributed by atoms with Crippen LogP contribution in [0, 0.1) is 17.0 Å². The Bertz CT molecular complexity index is 684. The highest BCUT2D eigenvalue weighted by atomic mass is 35.5. The first-order valence-corrected chi connectivity index (χ1v) is 7.82. The van der Waals surface area contributed by atoms with Gasteiger partial charge in [0.1, 0.15) is 11.6 Å². The summed E-state index contributed by atoms with van der Waals surface area (Å²) in [6.45, 7) is 3.80. The van der Waals surface area contributed by atoms with Crippen molar-refractivity contribution in [2.24, 2.45) is 11.1 Å². The highest BCUT2D eigenvalue weighted by Crippen LogP contribution is 2.34. The molecule has 0 saturated heterocycles. The number of nitrogens with one attached hydrogen (secondary N) is 1. The molecule has 5 N–H and O–H groups in total. The van der Waals surface area contributed by atoms with E-state index in [9.17, 15) is 28.6 Å². The first kappa shape index (κ1) is 21.3. The van der Waals surface area contributed by atoms with E-state index in [0.717, 1.165) is 6.07 Å². The Morgan fingerprint density at radius 3 is 2.36 bits per heavy atom. The minimum Gasteiger partial charge on any atom is -0.396 e. The van der Waals surface area contributed by atoms with Gasteiger partial charge in [0.15, 0.2) is 5.60 Å². The van der Waals surface area contributed by atoms with Crippen LogP contribution in [0.4, 0.5) is 8.78 Å². The smallest absolute Gasteiger partial charge is 0.254 e. The van der Waals surface area contributed by atoms with Crippen molar-refractivity contribution in [3.63, 3.8) is 0 Å². The van der Waals surface area contributed by atoms with Crippen LogP contribution in [0.25, 0.3) is 0 Å². The zero-order valence-corrected chi connectivity index (χ0v) is 14.8. The topological polar surface area (TPSA) is 113 Å². The Morgan fingerprint density at radius 2 is 1.88 bits per heavy atom. The molecule has 1 unspecified atom stereocenters. The summed E-state index contributed by atoms with van der Waals surface area (Å²) in [6, 6.07) is 0.502. The van der Waals surface area contributed by atoms with E-state index in [-0.39, 0.29) is 6.42 Å². The number of aliphatic hydroxyl groups is 2. The number of hydrogen-bond acceptors (Lipinski definition) is 4. The molecule has 25 heavy (non-hydrogen) atoms. The van der Waals surface area contributed by atoms with E-state index in [0.29, 0.717) is 6.07 Å². The molecular formula is C16H21ClF2N2O4. The van der Waals surface area contributed by atoms with Gasteiger partial charge in [0.2, 0.25) is 5.91 Å². The average Bonchev–Trinajstić information content (AvgIpc) is 2.49. The van der Waals surface area contributed by atoms with Crippen molar-refractivity contribution in [1.29, 1.82) is 0 Å². The molecule has 0 aliphatic rings. The van der Waals surface area contributed by atoms with Crippen LogP contribution in [0.5, 0.6) is 0 Å². The Kier molecular flexibility index (Phi) is 6.50. The van der Waals surface area contributed by atoms with Gasteiger partial charge in [0, 0.05) is 23.9 Å². The summed E-state index contributed by atoms with van der Waals surface area (Å²) in [5.74, 6) is -4.08. The van der Waals surface area contributed by atoms with Gasteiger partial charge in [-0.05, 0) is 13.0 Å². The number of primary amides is 1. The predicted octanol–water partition coefficient (Wildman–Crippen LogP) is 1.36. The number of aliphatic hydroxyl groups excluding tert-OH is 1. The number of carbonyl (C=O) groups excluding carboxylic acids is 2. The second-order valence-corrected chi connectivity index (χ2v) is 7.00. The lowest BCUT2D eigenvalue weighted by Crippen LogP contribution is -2.59. The van der Waals surface area contributed by atoms with Crippen LogP contribution in [-0.2, 0) is 4.79 Å². The van der Waals surface area contributed by atoms with Gasteiger partial charge in [-0.1, -0.05) is 25.4 Å². The summed E-state index contributed by atoms with van der Waals surface area (Å²) in [4.78, 5) is 23.8. The zero-order valence-electron chi connectivity index (χ0n) is 14.1. The average molecular weight is 379 g/mol. The van der Waals surface area contributed by atoms with E-state index in [1.807, 2.05) is 0 Å². The van der Waals surface area contributed by atoms with Gasteiger partial charge < -0.3 is 21.3 Å². The Labute approximate surface area is 149 Å². The van der Waals surface area contributed by atoms with Gasteiger partial charge >= 0.3 is 0 Å². The maximum absolute atomic E-state index is 13.7. The van der Waals surface area contributed by atoms with Gasteiger partial charge in [-0.3, -0.25) is 9.59 Å². The molecule has 140 valence electrons. The van der Waals surface area contributed by atoms with Crippen LogP contribution in [0.3, 0.4) is 0 Å². The molecule has 0 bridgehead atoms. The second-order valence-electron chi connectivity index (χ2n) is 6.59. The number of benzene rings is 1. The first-order valence-electron chi connectivity index (χ1n) is 7.44. The van der Waals surface area contributed by atoms with Gasteiger partial charge in [0.25, 0.3) is 5.91 Å². The third-order valence-electron chi connectivity index (χ3n) is 4.16. The number of rotatable bonds is 7. The predicted molar refractivity (Wildman–Crippen MR) is 87.9 cm³/mol. The first-order chi connectivity index (χ1) is 11.4. The molecule has 1 aromatic rings. The monoisotopic (exact) mass is 378 g/mol. The van der Waals surface area contributed by atoms with E-state index in [1.165, 1.54) is 20.8 Å². The molecule has 0 heterocycles. The number of amides is 2. The molecule has 0 aliphatic carbocycles. The van der Waals surface area contributed by atoms with Crippen LogP contribution in [0.2, 0.25) is 5.02 Å². The van der Waals surface area contributed by atoms with Crippen molar-refractivity contribution in [1.82, 2.24) is 5.32 Å². The van der Waals surface area contributed by atoms with E-state index < -0.39 is 57.7 Å². The fourth-order valence-electron chi connectivity index (χ4n) is 2.33. The molecule has 0 fully saturated rings. The van der Waals surface area contributed by atoms with E-state index in [2.05, 4.69) is 5.32 Å². The Balaban J connectivity index is 2.98. The number of carbonyl (C=O) groups is 2. The molecule has 0 spiro atoms. The fourth-order valence-corrected chi connectivity index (χ4v) is 2.50. The minimum absolute atomic E-state index is 0.321. The lowest BCUT2D eigenvalue weighted by molar-refractivity contribution is -0.156. The maximum atomic E-state index is 13.7. The largest absolute Gasteiger partial charge is 0.396 e. The third-order valence-corrected chi connectivity index (χ3v) is 4.45. The van der Waals surface area contributed by atoms with E-state index in [4.69, 9.17) is 17.3 Å². The summed E-state index contributed by atoms with van der Waals surface area (Å²) >= 11 is 5.54. The van der Waals surface area contributed by atoms with Gasteiger partial charge in [-0.25, -0.2) is 8.78 Å². The normalized spacial score (nSPS) is 15.4. The SMILES string of the molecule is C[C@@H](CC(O)(C(N)=O)C(C)(C)CO)NC(=O)c1cc(Cl)c(F)cc1F. The molecular weight excluding hydrogens is 358 g/mol. The van der Waals surface area contributed by atoms with Crippen LogP contribution in [0.1, 0.15) is 37.6 Å². The van der Waals surface area contributed by atoms with E-state index >= 15 is 0 Å². The number of hydrogen-bond donors (Lipinski definition) is 4. The molecule has 0 aromatic heterocycles. The molecule has 1 aromatic carbocycles. The lowest BCUT2D eigenvalue weighted by atomic mass is 9.71. The molecule has 2 amide bonds. The summed E-state index contributed by atoms with van der Waals surface area (Å²) < 4.78 is 26.9. The van der Waals surface area contributed by atoms with Crippen LogP contribution >= 0.6 is 11.6 Å². The summed E-state index contributed by atoms with van der Waals surface area (Å²) in [5.41, 5.74) is 1.37. The summed E-state index contributed by atoms with van der Waals surface area (Å²) in [7, 11) is 0. The third kappa shape index (κ3) is 4.45. The quantitative estimate of drug-likeness (QED) is 0.536. The molecule has 0 aliphatic heterocycles. The molecule has 2 atom stereocenters. The van der Waals surface area contributed by atoms with E-state index in [1.54, 1.807) is 0 Å². The standard InChI is InChI=1S/C16H21ClF2N2O4/c1-8(6-16(25,14(20)24)15(2,3)7-22)21-13(23)9-4-10(17)12(19)5-11(9)18/h4-5,8,22,25H,6-7H2,1-3H3,(H2,20,24)(H,21,23)/t8-,16?/m0/s1. The summed E-state index contributed by atoms with van der Waals surface area (Å²) in [6.07, 6.45) is -0.321. The minimum atomic E-state index is -2.12. The fraction of sp³-hybridized carbons (Fsp3) is 0.500. The highest BCUT2D eigenvalue weighted by molar-refractivity contribution is 6.31. The van der Waals surface area contributed by atoms with Crippen molar-refractivity contribution in [3.8, 4) is 0 Å². The second kappa shape index (κ2) is 7.63. The van der Waals surface area contributed by atoms with Crippen molar-refractivity contribution < 1.29 is 28.6 Å². The van der Waals surface area contributed by atoms with Crippen molar-refractivity contribution >= 4 is 23.4 Å². The van der Waals surface area contributed by atoms with Gasteiger partial charge in [-0.15, -0.1) is 0 Å². The number of nitrogens with two attached hydrogens (primary N) is 1. The Morgan fingerprint density at radius 1 is 1.32 bits per heavy atom. The maximum Gasteiger partial charge on any atom is 0.254 e. The molecule has 9 heteroatoms. The van der Waals surface area contributed by atoms with Crippen LogP contribution in [-0.4, -0.2) is 40.3 Å². The van der Waals surface area contributed by atoms with Crippen LogP contribution in [0.15, 0.2) is 12.1 Å². The molecule has 6 nitrogen and oxygen atoms in total. The van der Waals surface area contributed by atoms with Gasteiger partial charge in [-0.2, -0.15) is 0 Å². The lowest BCUT2D eigenvalue weighted by Gasteiger charge is -2.40.